The van der Waals surface area contributed by atoms with Gasteiger partial charge in [0.05, 0.1) is 0 Å². The van der Waals surface area contributed by atoms with Crippen LogP contribution in [0.15, 0.2) is 24.3 Å². The average molecular weight is 166 g/mol. The van der Waals surface area contributed by atoms with E-state index in [1.165, 1.54) is 11.1 Å². The van der Waals surface area contributed by atoms with Crippen molar-refractivity contribution in [3.8, 4) is 0 Å². The van der Waals surface area contributed by atoms with Crippen molar-refractivity contribution >= 4 is 0 Å². The molecule has 0 N–H and O–H groups in total. The largest absolute Gasteiger partial charge is 0.0998 e. The molecule has 70 valence electrons. The number of allylic oxidation sites excluding steroid dienone is 2. The Bertz CT molecular complexity index is 172. The molecule has 0 heterocycles. The standard InChI is InChI=1S/C12H22/c1-7-10(3)9-12(5,6)11(4)8-2/h3-4,7-9H2,1-2,5-6H3. The molecule has 0 saturated carbocycles. The van der Waals surface area contributed by atoms with Crippen LogP contribution in [0.2, 0.25) is 0 Å². The van der Waals surface area contributed by atoms with Gasteiger partial charge < -0.3 is 0 Å². The number of hydrogen-bond acceptors (Lipinski definition) is 0. The summed E-state index contributed by atoms with van der Waals surface area (Å²) in [5.74, 6) is 0. The summed E-state index contributed by atoms with van der Waals surface area (Å²) in [6.07, 6.45) is 3.24. The number of hydrogen-bond donors (Lipinski definition) is 0. The highest BCUT2D eigenvalue weighted by Gasteiger charge is 2.20. The lowest BCUT2D eigenvalue weighted by Crippen LogP contribution is -2.14. The van der Waals surface area contributed by atoms with Gasteiger partial charge in [0.2, 0.25) is 0 Å². The molecule has 0 saturated heterocycles. The van der Waals surface area contributed by atoms with Crippen molar-refractivity contribution in [1.29, 1.82) is 0 Å². The van der Waals surface area contributed by atoms with Crippen molar-refractivity contribution in [1.82, 2.24) is 0 Å². The fourth-order valence-electron chi connectivity index (χ4n) is 1.35. The second kappa shape index (κ2) is 4.49. The summed E-state index contributed by atoms with van der Waals surface area (Å²) in [6.45, 7) is 16.9. The minimum Gasteiger partial charge on any atom is -0.0998 e. The molecule has 0 aromatic rings. The molecule has 0 amide bonds. The minimum absolute atomic E-state index is 0.238. The first-order valence-corrected chi connectivity index (χ1v) is 4.79. The lowest BCUT2D eigenvalue weighted by Gasteiger charge is -2.27. The highest BCUT2D eigenvalue weighted by Crippen LogP contribution is 2.34. The van der Waals surface area contributed by atoms with E-state index >= 15 is 0 Å². The molecule has 0 aliphatic heterocycles. The van der Waals surface area contributed by atoms with Gasteiger partial charge in [-0.2, -0.15) is 0 Å². The molecule has 0 aliphatic carbocycles. The third kappa shape index (κ3) is 3.25. The van der Waals surface area contributed by atoms with Gasteiger partial charge in [0.15, 0.2) is 0 Å². The number of rotatable bonds is 5. The van der Waals surface area contributed by atoms with E-state index in [9.17, 15) is 0 Å². The maximum Gasteiger partial charge on any atom is -0.0110 e. The molecule has 0 spiro atoms. The van der Waals surface area contributed by atoms with E-state index in [2.05, 4.69) is 40.9 Å². The Hall–Kier alpha value is -0.520. The maximum atomic E-state index is 4.09. The Morgan fingerprint density at radius 2 is 1.58 bits per heavy atom. The predicted octanol–water partition coefficient (Wildman–Crippen LogP) is 4.34. The molecule has 0 radical (unpaired) electrons. The van der Waals surface area contributed by atoms with Crippen LogP contribution in [0.3, 0.4) is 0 Å². The highest BCUT2D eigenvalue weighted by atomic mass is 14.2. The zero-order chi connectivity index (χ0) is 9.78. The van der Waals surface area contributed by atoms with Crippen LogP contribution in [0.4, 0.5) is 0 Å². The molecule has 0 heteroatoms. The zero-order valence-electron chi connectivity index (χ0n) is 9.04. The van der Waals surface area contributed by atoms with Crippen molar-refractivity contribution in [3.05, 3.63) is 24.3 Å². The first-order valence-electron chi connectivity index (χ1n) is 4.79. The summed E-state index contributed by atoms with van der Waals surface area (Å²) in [4.78, 5) is 0. The molecule has 0 aromatic carbocycles. The molecule has 12 heavy (non-hydrogen) atoms. The van der Waals surface area contributed by atoms with Crippen molar-refractivity contribution in [2.75, 3.05) is 0 Å². The first kappa shape index (κ1) is 11.5. The third-order valence-corrected chi connectivity index (χ3v) is 2.58. The summed E-state index contributed by atoms with van der Waals surface area (Å²) in [6, 6.07) is 0. The SMILES string of the molecule is C=C(CC)CC(C)(C)C(=C)CC. The van der Waals surface area contributed by atoms with Gasteiger partial charge in [-0.1, -0.05) is 52.0 Å². The Kier molecular flexibility index (Phi) is 4.30. The smallest absolute Gasteiger partial charge is 0.0110 e. The van der Waals surface area contributed by atoms with E-state index in [0.717, 1.165) is 19.3 Å². The summed E-state index contributed by atoms with van der Waals surface area (Å²) in [5.41, 5.74) is 2.90. The zero-order valence-corrected chi connectivity index (χ0v) is 9.04. The second-order valence-corrected chi connectivity index (χ2v) is 4.12. The van der Waals surface area contributed by atoms with E-state index < -0.39 is 0 Å². The van der Waals surface area contributed by atoms with Gasteiger partial charge in [-0.25, -0.2) is 0 Å². The van der Waals surface area contributed by atoms with Crippen molar-refractivity contribution in [3.63, 3.8) is 0 Å². The normalized spacial score (nSPS) is 11.3. The average Bonchev–Trinajstić information content (AvgIpc) is 2.02. The van der Waals surface area contributed by atoms with E-state index in [4.69, 9.17) is 0 Å². The van der Waals surface area contributed by atoms with E-state index in [1.807, 2.05) is 0 Å². The molecule has 0 aromatic heterocycles. The lowest BCUT2D eigenvalue weighted by molar-refractivity contribution is 0.427. The molecule has 0 fully saturated rings. The monoisotopic (exact) mass is 166 g/mol. The second-order valence-electron chi connectivity index (χ2n) is 4.12. The Balaban J connectivity index is 4.21. The van der Waals surface area contributed by atoms with Gasteiger partial charge in [0.25, 0.3) is 0 Å². The summed E-state index contributed by atoms with van der Waals surface area (Å²) in [5, 5.41) is 0. The van der Waals surface area contributed by atoms with Crippen LogP contribution < -0.4 is 0 Å². The van der Waals surface area contributed by atoms with Gasteiger partial charge in [-0.15, -0.1) is 0 Å². The van der Waals surface area contributed by atoms with E-state index in [-0.39, 0.29) is 5.41 Å². The lowest BCUT2D eigenvalue weighted by atomic mass is 9.78. The Morgan fingerprint density at radius 1 is 1.08 bits per heavy atom. The van der Waals surface area contributed by atoms with Crippen LogP contribution in [-0.2, 0) is 0 Å². The highest BCUT2D eigenvalue weighted by molar-refractivity contribution is 5.12. The van der Waals surface area contributed by atoms with Crippen LogP contribution in [0.1, 0.15) is 47.0 Å². The van der Waals surface area contributed by atoms with Crippen LogP contribution in [0.5, 0.6) is 0 Å². The first-order chi connectivity index (χ1) is 5.44. The third-order valence-electron chi connectivity index (χ3n) is 2.58. The van der Waals surface area contributed by atoms with Crippen molar-refractivity contribution in [2.24, 2.45) is 5.41 Å². The van der Waals surface area contributed by atoms with Crippen molar-refractivity contribution in [2.45, 2.75) is 47.0 Å². The van der Waals surface area contributed by atoms with Gasteiger partial charge >= 0.3 is 0 Å². The fraction of sp³-hybridized carbons (Fsp3) is 0.667. The topological polar surface area (TPSA) is 0 Å². The molecule has 0 atom stereocenters. The van der Waals surface area contributed by atoms with Crippen molar-refractivity contribution < 1.29 is 0 Å². The quantitative estimate of drug-likeness (QED) is 0.533. The predicted molar refractivity (Wildman–Crippen MR) is 57.3 cm³/mol. The van der Waals surface area contributed by atoms with Crippen LogP contribution in [0.25, 0.3) is 0 Å². The van der Waals surface area contributed by atoms with Crippen LogP contribution >= 0.6 is 0 Å². The van der Waals surface area contributed by atoms with Gasteiger partial charge in [0.1, 0.15) is 0 Å². The molecular formula is C12H22. The molecule has 0 nitrogen and oxygen atoms in total. The van der Waals surface area contributed by atoms with Crippen LogP contribution in [0, 0.1) is 5.41 Å². The Morgan fingerprint density at radius 3 is 1.92 bits per heavy atom. The van der Waals surface area contributed by atoms with Gasteiger partial charge in [-0.05, 0) is 24.7 Å². The van der Waals surface area contributed by atoms with Gasteiger partial charge in [0, 0.05) is 0 Å². The molecule has 0 aliphatic rings. The minimum atomic E-state index is 0.238. The van der Waals surface area contributed by atoms with E-state index in [0.29, 0.717) is 0 Å². The van der Waals surface area contributed by atoms with E-state index in [1.54, 1.807) is 0 Å². The molecule has 0 unspecified atom stereocenters. The molecule has 0 rings (SSSR count). The fourth-order valence-corrected chi connectivity index (χ4v) is 1.35. The maximum absolute atomic E-state index is 4.09. The summed E-state index contributed by atoms with van der Waals surface area (Å²) < 4.78 is 0. The summed E-state index contributed by atoms with van der Waals surface area (Å²) >= 11 is 0. The summed E-state index contributed by atoms with van der Waals surface area (Å²) in [7, 11) is 0. The van der Waals surface area contributed by atoms with Crippen LogP contribution in [-0.4, -0.2) is 0 Å². The molecule has 0 bridgehead atoms. The molecular weight excluding hydrogens is 144 g/mol. The van der Waals surface area contributed by atoms with Gasteiger partial charge in [-0.3, -0.25) is 0 Å². The Labute approximate surface area is 77.4 Å².